The highest BCUT2D eigenvalue weighted by Crippen LogP contribution is 2.63. The van der Waals surface area contributed by atoms with E-state index in [1.54, 1.807) is 13.8 Å². The second kappa shape index (κ2) is 4.90. The molecule has 0 bridgehead atoms. The third-order valence-corrected chi connectivity index (χ3v) is 6.97. The molecule has 5 nitrogen and oxygen atoms in total. The van der Waals surface area contributed by atoms with E-state index in [0.29, 0.717) is 18.4 Å². The van der Waals surface area contributed by atoms with Crippen LogP contribution in [0.2, 0.25) is 0 Å². The summed E-state index contributed by atoms with van der Waals surface area (Å²) in [5, 5.41) is 22.6. The Bertz CT molecular complexity index is 707. The highest BCUT2D eigenvalue weighted by molar-refractivity contribution is 6.08. The second-order valence-electron chi connectivity index (χ2n) is 9.03. The van der Waals surface area contributed by atoms with Gasteiger partial charge in [0.25, 0.3) is 0 Å². The average molecular weight is 348 g/mol. The minimum Gasteiger partial charge on any atom is -0.392 e. The maximum atomic E-state index is 13.2. The van der Waals surface area contributed by atoms with Crippen LogP contribution in [-0.2, 0) is 14.3 Å². The molecule has 0 radical (unpaired) electrons. The molecule has 1 aliphatic heterocycles. The van der Waals surface area contributed by atoms with Crippen molar-refractivity contribution in [3.05, 3.63) is 24.3 Å². The number of hydrogen-bond acceptors (Lipinski definition) is 5. The van der Waals surface area contributed by atoms with Crippen LogP contribution in [0.4, 0.5) is 0 Å². The first-order chi connectivity index (χ1) is 11.3. The molecule has 2 N–H and O–H groups in total. The zero-order valence-corrected chi connectivity index (χ0v) is 15.7. The van der Waals surface area contributed by atoms with Crippen molar-refractivity contribution in [3.63, 3.8) is 0 Å². The lowest BCUT2D eigenvalue weighted by atomic mass is 9.45. The summed E-state index contributed by atoms with van der Waals surface area (Å²) >= 11 is 0. The molecule has 0 aromatic heterocycles. The molecule has 138 valence electrons. The largest absolute Gasteiger partial charge is 0.392 e. The number of hydrogen-bond donors (Lipinski definition) is 2. The maximum Gasteiger partial charge on any atom is 0.190 e. The van der Waals surface area contributed by atoms with Crippen molar-refractivity contribution in [2.45, 2.75) is 76.8 Å². The summed E-state index contributed by atoms with van der Waals surface area (Å²) < 4.78 is 6.04. The van der Waals surface area contributed by atoms with Gasteiger partial charge in [-0.15, -0.1) is 6.58 Å². The number of fused-ring (bicyclic) bond motifs is 3. The number of aliphatic hydroxyl groups excluding tert-OH is 1. The zero-order valence-electron chi connectivity index (χ0n) is 15.7. The Morgan fingerprint density at radius 2 is 1.84 bits per heavy atom. The van der Waals surface area contributed by atoms with Gasteiger partial charge in [-0.1, -0.05) is 19.9 Å². The summed E-state index contributed by atoms with van der Waals surface area (Å²) in [5.41, 5.74) is -5.98. The first-order valence-electron chi connectivity index (χ1n) is 8.83. The standard InChI is InChI=1S/C20H28O5/c1-7-17(4)11-15(23)20(24)18(5)12(10-14(22)19(20,6)25-17)16(2,3)9-8-13(18)21/h7,10,13,21,24H,1,8-9,11H2,2-6H3/t13-,17-,18+,19+,20-/m0/s1. The summed E-state index contributed by atoms with van der Waals surface area (Å²) in [6.45, 7) is 12.5. The van der Waals surface area contributed by atoms with Crippen LogP contribution in [0.5, 0.6) is 0 Å². The Labute approximate surface area is 148 Å². The number of rotatable bonds is 1. The van der Waals surface area contributed by atoms with E-state index in [4.69, 9.17) is 4.74 Å². The molecule has 1 saturated heterocycles. The van der Waals surface area contributed by atoms with Crippen molar-refractivity contribution in [2.75, 3.05) is 0 Å². The molecule has 5 heteroatoms. The van der Waals surface area contributed by atoms with Crippen LogP contribution < -0.4 is 0 Å². The van der Waals surface area contributed by atoms with Crippen molar-refractivity contribution < 1.29 is 24.5 Å². The van der Waals surface area contributed by atoms with Crippen molar-refractivity contribution in [1.29, 1.82) is 0 Å². The molecule has 25 heavy (non-hydrogen) atoms. The van der Waals surface area contributed by atoms with E-state index in [1.165, 1.54) is 19.1 Å². The lowest BCUT2D eigenvalue weighted by molar-refractivity contribution is -0.271. The van der Waals surface area contributed by atoms with Crippen LogP contribution in [-0.4, -0.2) is 44.7 Å². The van der Waals surface area contributed by atoms with Crippen LogP contribution in [0.15, 0.2) is 24.3 Å². The molecule has 0 unspecified atom stereocenters. The first kappa shape index (κ1) is 18.5. The molecule has 2 aliphatic carbocycles. The van der Waals surface area contributed by atoms with E-state index in [-0.39, 0.29) is 6.42 Å². The highest BCUT2D eigenvalue weighted by atomic mass is 16.5. The molecule has 5 atom stereocenters. The molecule has 0 aromatic rings. The predicted octanol–water partition coefficient (Wildman–Crippen LogP) is 2.11. The molecule has 3 rings (SSSR count). The van der Waals surface area contributed by atoms with Crippen molar-refractivity contribution >= 4 is 11.6 Å². The molecule has 2 fully saturated rings. The molecule has 1 saturated carbocycles. The van der Waals surface area contributed by atoms with Gasteiger partial charge in [0.1, 0.15) is 0 Å². The quantitative estimate of drug-likeness (QED) is 0.709. The van der Waals surface area contributed by atoms with E-state index in [0.717, 1.165) is 0 Å². The van der Waals surface area contributed by atoms with Gasteiger partial charge in [-0.2, -0.15) is 0 Å². The molecule has 1 heterocycles. The molecule has 0 spiro atoms. The van der Waals surface area contributed by atoms with E-state index in [9.17, 15) is 19.8 Å². The van der Waals surface area contributed by atoms with Gasteiger partial charge in [0, 0.05) is 6.42 Å². The van der Waals surface area contributed by atoms with E-state index >= 15 is 0 Å². The minimum atomic E-state index is -2.12. The first-order valence-corrected chi connectivity index (χ1v) is 8.83. The van der Waals surface area contributed by atoms with E-state index in [2.05, 4.69) is 6.58 Å². The van der Waals surface area contributed by atoms with Crippen LogP contribution in [0.3, 0.4) is 0 Å². The maximum absolute atomic E-state index is 13.2. The fourth-order valence-corrected chi connectivity index (χ4v) is 5.27. The fraction of sp³-hybridized carbons (Fsp3) is 0.700. The molecule has 0 amide bonds. The molecular formula is C20H28O5. The van der Waals surface area contributed by atoms with Crippen molar-refractivity contribution in [2.24, 2.45) is 10.8 Å². The molecule has 3 aliphatic rings. The Hall–Kier alpha value is -1.30. The predicted molar refractivity (Wildman–Crippen MR) is 92.9 cm³/mol. The van der Waals surface area contributed by atoms with Gasteiger partial charge in [0.05, 0.1) is 17.1 Å². The normalized spacial score (nSPS) is 49.1. The van der Waals surface area contributed by atoms with Crippen molar-refractivity contribution in [1.82, 2.24) is 0 Å². The van der Waals surface area contributed by atoms with Gasteiger partial charge in [0.15, 0.2) is 22.8 Å². The SMILES string of the molecule is C=C[C@@]1(C)CC(=O)[C@@]2(O)[C@](C)(O1)C(=O)C=C1C(C)(C)CC[C@H](O)[C@@]12C. The monoisotopic (exact) mass is 348 g/mol. The third-order valence-electron chi connectivity index (χ3n) is 6.97. The lowest BCUT2D eigenvalue weighted by Crippen LogP contribution is -2.80. The van der Waals surface area contributed by atoms with Crippen molar-refractivity contribution in [3.8, 4) is 0 Å². The van der Waals surface area contributed by atoms with Crippen LogP contribution in [0.25, 0.3) is 0 Å². The van der Waals surface area contributed by atoms with Gasteiger partial charge in [-0.3, -0.25) is 9.59 Å². The average Bonchev–Trinajstić information content (AvgIpc) is 2.51. The summed E-state index contributed by atoms with van der Waals surface area (Å²) in [4.78, 5) is 26.3. The number of carbonyl (C=O) groups excluding carboxylic acids is 2. The number of carbonyl (C=O) groups is 2. The number of ketones is 2. The Morgan fingerprint density at radius 3 is 2.40 bits per heavy atom. The third kappa shape index (κ3) is 1.95. The van der Waals surface area contributed by atoms with Gasteiger partial charge in [-0.25, -0.2) is 0 Å². The number of ether oxygens (including phenoxy) is 1. The number of Topliss-reactive ketones (excluding diaryl/α,β-unsaturated/α-hetero) is 1. The van der Waals surface area contributed by atoms with Gasteiger partial charge in [0.2, 0.25) is 0 Å². The summed E-state index contributed by atoms with van der Waals surface area (Å²) in [7, 11) is 0. The number of aliphatic hydroxyl groups is 2. The van der Waals surface area contributed by atoms with Crippen LogP contribution in [0, 0.1) is 10.8 Å². The summed E-state index contributed by atoms with van der Waals surface area (Å²) in [6.07, 6.45) is 3.07. The minimum absolute atomic E-state index is 0.0914. The molecular weight excluding hydrogens is 320 g/mol. The van der Waals surface area contributed by atoms with Crippen LogP contribution >= 0.6 is 0 Å². The van der Waals surface area contributed by atoms with E-state index < -0.39 is 45.3 Å². The summed E-state index contributed by atoms with van der Waals surface area (Å²) in [6, 6.07) is 0. The van der Waals surface area contributed by atoms with Gasteiger partial charge in [-0.05, 0) is 50.7 Å². The fourth-order valence-electron chi connectivity index (χ4n) is 5.27. The highest BCUT2D eigenvalue weighted by Gasteiger charge is 2.76. The van der Waals surface area contributed by atoms with Crippen LogP contribution in [0.1, 0.15) is 53.9 Å². The molecule has 0 aromatic carbocycles. The van der Waals surface area contributed by atoms with E-state index in [1.807, 2.05) is 13.8 Å². The Balaban J connectivity index is 2.33. The summed E-state index contributed by atoms with van der Waals surface area (Å²) in [5.74, 6) is -0.923. The topological polar surface area (TPSA) is 83.8 Å². The zero-order chi connectivity index (χ0) is 19.1. The van der Waals surface area contributed by atoms with Gasteiger partial charge >= 0.3 is 0 Å². The lowest BCUT2D eigenvalue weighted by Gasteiger charge is -2.64. The smallest absolute Gasteiger partial charge is 0.190 e. The van der Waals surface area contributed by atoms with Gasteiger partial charge < -0.3 is 14.9 Å². The second-order valence-corrected chi connectivity index (χ2v) is 9.03. The Morgan fingerprint density at radius 1 is 1.24 bits per heavy atom. The Kier molecular flexibility index (Phi) is 3.62.